The van der Waals surface area contributed by atoms with E-state index in [1.807, 2.05) is 63.3 Å². The maximum atomic E-state index is 13.9. The highest BCUT2D eigenvalue weighted by Crippen LogP contribution is 2.40. The zero-order valence-electron chi connectivity index (χ0n) is 30.0. The smallest absolute Gasteiger partial charge is 0.409 e. The molecule has 270 valence electrons. The van der Waals surface area contributed by atoms with Crippen molar-refractivity contribution in [2.45, 2.75) is 89.7 Å². The normalized spacial score (nSPS) is 32.4. The van der Waals surface area contributed by atoms with Crippen LogP contribution in [0, 0.1) is 17.8 Å². The highest BCUT2D eigenvalue weighted by atomic mass is 16.6. The number of carbonyl (C=O) groups excluding carboxylic acids is 3. The summed E-state index contributed by atoms with van der Waals surface area (Å²) >= 11 is 0. The number of nitrogens with two attached hydrogens (primary N) is 1. The summed E-state index contributed by atoms with van der Waals surface area (Å²) < 4.78 is 19.6. The number of nitrogens with one attached hydrogen (secondary N) is 2. The van der Waals surface area contributed by atoms with Gasteiger partial charge in [0.15, 0.2) is 6.10 Å². The number of nitrogen functional groups attached to an aromatic ring is 1. The van der Waals surface area contributed by atoms with Gasteiger partial charge < -0.3 is 30.6 Å². The van der Waals surface area contributed by atoms with E-state index >= 15 is 0 Å². The summed E-state index contributed by atoms with van der Waals surface area (Å²) in [5, 5.41) is 7.33. The van der Waals surface area contributed by atoms with E-state index < -0.39 is 70.7 Å². The van der Waals surface area contributed by atoms with Crippen LogP contribution in [-0.4, -0.2) is 77.2 Å². The van der Waals surface area contributed by atoms with Crippen molar-refractivity contribution in [1.82, 2.24) is 25.2 Å². The molecular formula is C37H47BN6O7. The molecule has 0 aliphatic carbocycles. The third-order valence-corrected chi connectivity index (χ3v) is 10.2. The maximum absolute atomic E-state index is 13.9. The van der Waals surface area contributed by atoms with Gasteiger partial charge in [-0.05, 0) is 75.7 Å². The third-order valence-electron chi connectivity index (χ3n) is 10.2. The van der Waals surface area contributed by atoms with E-state index in [4.69, 9.17) is 27.8 Å². The van der Waals surface area contributed by atoms with Crippen LogP contribution in [0.5, 0.6) is 0 Å². The van der Waals surface area contributed by atoms with Crippen molar-refractivity contribution in [1.29, 1.82) is 0 Å². The van der Waals surface area contributed by atoms with Gasteiger partial charge >= 0.3 is 17.8 Å². The number of ether oxygens (including phenoxy) is 3. The number of amides is 1. The molecule has 5 rings (SSSR count). The molecule has 4 heterocycles. The molecule has 1 amide bonds. The largest absolute Gasteiger partial charge is 0.455 e. The highest BCUT2D eigenvalue weighted by Gasteiger charge is 2.60. The minimum absolute atomic E-state index is 0.0281. The lowest BCUT2D eigenvalue weighted by Gasteiger charge is -2.41. The van der Waals surface area contributed by atoms with E-state index in [1.165, 1.54) is 19.2 Å². The molecule has 4 N–H and O–H groups in total. The molecule has 3 aromatic rings. The first kappa shape index (κ1) is 37.7. The predicted octanol–water partition coefficient (Wildman–Crippen LogP) is 3.76. The van der Waals surface area contributed by atoms with Gasteiger partial charge in [-0.2, -0.15) is 4.98 Å². The van der Waals surface area contributed by atoms with Gasteiger partial charge in [0.25, 0.3) is 5.72 Å². The highest BCUT2D eigenvalue weighted by molar-refractivity contribution is 6.15. The molecule has 9 atom stereocenters. The monoisotopic (exact) mass is 698 g/mol. The molecule has 2 aliphatic rings. The molecule has 14 heteroatoms. The summed E-state index contributed by atoms with van der Waals surface area (Å²) in [6.45, 7) is 11.3. The number of fused-ring (bicyclic) bond motifs is 2. The number of rotatable bonds is 6. The summed E-state index contributed by atoms with van der Waals surface area (Å²) in [5.74, 6) is -4.16. The Balaban J connectivity index is 1.46. The molecule has 2 aromatic heterocycles. The average Bonchev–Trinajstić information content (AvgIpc) is 3.46. The van der Waals surface area contributed by atoms with Gasteiger partial charge in [0, 0.05) is 29.7 Å². The molecule has 1 aromatic carbocycles. The number of hydrogen-bond donors (Lipinski definition) is 3. The number of alkyl carbamates (subject to hydrolysis) is 1. The van der Waals surface area contributed by atoms with E-state index in [0.29, 0.717) is 13.0 Å². The SMILES string of the molecule is [B][C@@H]1[C@@H](C)C(=O)C(C)C(=O)O[C@H](CC)[C@@]2(n3ccc(N)nc3=O)OC(=O)N[C@@H]2[C@@H](C)NC[C@H](C)C[C@@]1(C)OC/C=C/c1cnc2ccccc2c1. The van der Waals surface area contributed by atoms with Gasteiger partial charge in [0.05, 0.1) is 25.6 Å². The molecule has 0 bridgehead atoms. The topological polar surface area (TPSA) is 177 Å². The lowest BCUT2D eigenvalue weighted by molar-refractivity contribution is -0.186. The van der Waals surface area contributed by atoms with Gasteiger partial charge in [-0.1, -0.05) is 51.1 Å². The molecule has 51 heavy (non-hydrogen) atoms. The Hall–Kier alpha value is -4.56. The average molecular weight is 699 g/mol. The number of nitrogens with zero attached hydrogens (tertiary/aromatic N) is 3. The number of benzene rings is 1. The maximum Gasteiger partial charge on any atom is 0.409 e. The van der Waals surface area contributed by atoms with Crippen molar-refractivity contribution in [2.75, 3.05) is 18.9 Å². The van der Waals surface area contributed by atoms with Crippen LogP contribution in [-0.2, 0) is 29.5 Å². The minimum Gasteiger partial charge on any atom is -0.455 e. The van der Waals surface area contributed by atoms with Crippen LogP contribution in [0.4, 0.5) is 10.6 Å². The van der Waals surface area contributed by atoms with Gasteiger partial charge in [-0.15, -0.1) is 0 Å². The molecule has 1 unspecified atom stereocenters. The Morgan fingerprint density at radius 1 is 1.14 bits per heavy atom. The lowest BCUT2D eigenvalue weighted by Crippen LogP contribution is -2.64. The van der Waals surface area contributed by atoms with Crippen molar-refractivity contribution in [3.8, 4) is 0 Å². The fourth-order valence-corrected chi connectivity index (χ4v) is 7.34. The van der Waals surface area contributed by atoms with Crippen LogP contribution in [0.3, 0.4) is 0 Å². The summed E-state index contributed by atoms with van der Waals surface area (Å²) in [4.78, 5) is 62.4. The standard InChI is InChI=1S/C37H47BN6O7/c1-7-28-37(44-15-14-29(39)42-34(44)47)32(43-35(48)51-37)24(5)40-19-21(2)18-36(6,31(38)22(3)30(45)23(4)33(46)50-28)49-16-10-11-25-17-26-12-8-9-13-27(26)41-20-25/h8-15,17,20-24,28,31-32,40H,7,16,18-19H2,1-6H3,(H,43,48)(H2,39,42,47)/b11-10+/t21-,22+,23?,24-,28-,31-,32-,36-,37-/m1/s1. The van der Waals surface area contributed by atoms with E-state index in [1.54, 1.807) is 20.0 Å². The van der Waals surface area contributed by atoms with Gasteiger partial charge in [-0.3, -0.25) is 19.1 Å². The number of esters is 1. The van der Waals surface area contributed by atoms with Crippen molar-refractivity contribution in [3.63, 3.8) is 0 Å². The zero-order chi connectivity index (χ0) is 37.1. The number of ketones is 1. The molecule has 2 fully saturated rings. The van der Waals surface area contributed by atoms with Crippen LogP contribution in [0.2, 0.25) is 5.82 Å². The second-order valence-electron chi connectivity index (χ2n) is 14.0. The quantitative estimate of drug-likeness (QED) is 0.194. The van der Waals surface area contributed by atoms with Gasteiger partial charge in [0.1, 0.15) is 23.6 Å². The molecule has 0 spiro atoms. The van der Waals surface area contributed by atoms with Crippen molar-refractivity contribution < 1.29 is 28.6 Å². The Morgan fingerprint density at radius 3 is 2.61 bits per heavy atom. The molecular weight excluding hydrogens is 651 g/mol. The van der Waals surface area contributed by atoms with E-state index in [9.17, 15) is 19.2 Å². The number of carbonyl (C=O) groups is 3. The second kappa shape index (κ2) is 15.4. The number of aromatic nitrogens is 3. The van der Waals surface area contributed by atoms with Gasteiger partial charge in [-0.25, -0.2) is 9.59 Å². The van der Waals surface area contributed by atoms with Crippen molar-refractivity contribution in [2.24, 2.45) is 17.8 Å². The summed E-state index contributed by atoms with van der Waals surface area (Å²) in [6.07, 6.45) is 5.55. The number of para-hydroxylation sites is 1. The van der Waals surface area contributed by atoms with Crippen molar-refractivity contribution in [3.05, 3.63) is 70.9 Å². The molecule has 13 nitrogen and oxygen atoms in total. The van der Waals surface area contributed by atoms with Crippen LogP contribution < -0.4 is 22.1 Å². The first-order valence-corrected chi connectivity index (χ1v) is 17.4. The first-order chi connectivity index (χ1) is 24.2. The van der Waals surface area contributed by atoms with Gasteiger partial charge in [0.2, 0.25) is 0 Å². The zero-order valence-corrected chi connectivity index (χ0v) is 30.0. The fraction of sp³-hybridized carbons (Fsp3) is 0.514. The van der Waals surface area contributed by atoms with Crippen LogP contribution >= 0.6 is 0 Å². The summed E-state index contributed by atoms with van der Waals surface area (Å²) in [5.41, 5.74) is 3.97. The third kappa shape index (κ3) is 7.71. The lowest BCUT2D eigenvalue weighted by atomic mass is 9.62. The summed E-state index contributed by atoms with van der Waals surface area (Å²) in [6, 6.07) is 9.89. The molecule has 2 radical (unpaired) electrons. The van der Waals surface area contributed by atoms with E-state index in [-0.39, 0.29) is 24.8 Å². The minimum atomic E-state index is -1.86. The Labute approximate surface area is 299 Å². The second-order valence-corrected chi connectivity index (χ2v) is 14.0. The number of anilines is 1. The fourth-order valence-electron chi connectivity index (χ4n) is 7.34. The Bertz CT molecular complexity index is 1850. The number of Topliss-reactive ketones (excluding diaryl/α,β-unsaturated/α-hetero) is 1. The molecule has 2 aliphatic heterocycles. The Morgan fingerprint density at radius 2 is 1.88 bits per heavy atom. The van der Waals surface area contributed by atoms with Crippen LogP contribution in [0.15, 0.2) is 59.7 Å². The molecule has 2 saturated heterocycles. The summed E-state index contributed by atoms with van der Waals surface area (Å²) in [7, 11) is 6.87. The van der Waals surface area contributed by atoms with Crippen LogP contribution in [0.1, 0.15) is 59.9 Å². The van der Waals surface area contributed by atoms with E-state index in [2.05, 4.69) is 20.6 Å². The molecule has 0 saturated carbocycles. The Kier molecular flexibility index (Phi) is 11.4. The number of cyclic esters (lactones) is 1. The number of pyridine rings is 1. The first-order valence-electron chi connectivity index (χ1n) is 17.4. The predicted molar refractivity (Wildman–Crippen MR) is 194 cm³/mol. The number of hydrogen-bond acceptors (Lipinski definition) is 11. The van der Waals surface area contributed by atoms with E-state index in [0.717, 1.165) is 21.0 Å². The van der Waals surface area contributed by atoms with Crippen molar-refractivity contribution >= 4 is 48.5 Å². The van der Waals surface area contributed by atoms with Crippen LogP contribution in [0.25, 0.3) is 17.0 Å².